The van der Waals surface area contributed by atoms with Crippen molar-refractivity contribution in [3.05, 3.63) is 28.5 Å². The van der Waals surface area contributed by atoms with Crippen molar-refractivity contribution in [1.82, 2.24) is 9.88 Å². The zero-order valence-electron chi connectivity index (χ0n) is 10.2. The summed E-state index contributed by atoms with van der Waals surface area (Å²) in [7, 11) is 0. The van der Waals surface area contributed by atoms with Gasteiger partial charge in [-0.1, -0.05) is 11.6 Å². The third-order valence-corrected chi connectivity index (χ3v) is 3.64. The van der Waals surface area contributed by atoms with Crippen LogP contribution in [-0.4, -0.2) is 22.5 Å². The first-order valence-electron chi connectivity index (χ1n) is 5.97. The highest BCUT2D eigenvalue weighted by Crippen LogP contribution is 2.35. The Kier molecular flexibility index (Phi) is 3.50. The largest absolute Gasteiger partial charge is 0.294 e. The summed E-state index contributed by atoms with van der Waals surface area (Å²) in [4.78, 5) is 6.77. The molecule has 1 aromatic rings. The predicted octanol–water partition coefficient (Wildman–Crippen LogP) is 3.59. The van der Waals surface area contributed by atoms with E-state index < -0.39 is 0 Å². The molecule has 2 nitrogen and oxygen atoms in total. The lowest BCUT2D eigenvalue weighted by molar-refractivity contribution is 0.205. The molecule has 2 rings (SSSR count). The van der Waals surface area contributed by atoms with Crippen LogP contribution in [0.1, 0.15) is 43.9 Å². The molecule has 0 saturated carbocycles. The summed E-state index contributed by atoms with van der Waals surface area (Å²) in [5.41, 5.74) is 2.60. The lowest BCUT2D eigenvalue weighted by Gasteiger charge is -2.29. The lowest BCUT2D eigenvalue weighted by atomic mass is 10.0. The minimum absolute atomic E-state index is 0.532. The highest BCUT2D eigenvalue weighted by atomic mass is 35.5. The fraction of sp³-hybridized carbons (Fsp3) is 0.615. The Morgan fingerprint density at radius 2 is 2.25 bits per heavy atom. The Labute approximate surface area is 103 Å². The quantitative estimate of drug-likeness (QED) is 0.732. The van der Waals surface area contributed by atoms with Gasteiger partial charge >= 0.3 is 0 Å². The fourth-order valence-electron chi connectivity index (χ4n) is 2.62. The van der Waals surface area contributed by atoms with Crippen LogP contribution in [0.2, 0.25) is 5.15 Å². The number of hydrogen-bond acceptors (Lipinski definition) is 2. The van der Waals surface area contributed by atoms with Crippen LogP contribution in [-0.2, 0) is 0 Å². The van der Waals surface area contributed by atoms with Crippen LogP contribution >= 0.6 is 11.6 Å². The van der Waals surface area contributed by atoms with Gasteiger partial charge in [-0.05, 0) is 57.4 Å². The van der Waals surface area contributed by atoms with E-state index in [0.717, 1.165) is 0 Å². The number of rotatable bonds is 2. The first kappa shape index (κ1) is 11.9. The van der Waals surface area contributed by atoms with Crippen LogP contribution in [0.5, 0.6) is 0 Å². The van der Waals surface area contributed by atoms with Gasteiger partial charge in [-0.2, -0.15) is 0 Å². The molecular formula is C13H19ClN2. The molecule has 2 heterocycles. The van der Waals surface area contributed by atoms with Crippen molar-refractivity contribution < 1.29 is 0 Å². The van der Waals surface area contributed by atoms with Crippen molar-refractivity contribution >= 4 is 11.6 Å². The van der Waals surface area contributed by atoms with Crippen molar-refractivity contribution in [1.29, 1.82) is 0 Å². The van der Waals surface area contributed by atoms with Gasteiger partial charge in [0, 0.05) is 18.3 Å². The highest BCUT2D eigenvalue weighted by Gasteiger charge is 2.28. The van der Waals surface area contributed by atoms with Crippen LogP contribution in [0.4, 0.5) is 0 Å². The monoisotopic (exact) mass is 238 g/mol. The third kappa shape index (κ3) is 2.23. The van der Waals surface area contributed by atoms with Crippen molar-refractivity contribution in [2.24, 2.45) is 0 Å². The molecule has 0 radical (unpaired) electrons. The second-order valence-electron chi connectivity index (χ2n) is 4.85. The van der Waals surface area contributed by atoms with Gasteiger partial charge < -0.3 is 0 Å². The molecule has 16 heavy (non-hydrogen) atoms. The Morgan fingerprint density at radius 1 is 1.50 bits per heavy atom. The molecule has 0 unspecified atom stereocenters. The summed E-state index contributed by atoms with van der Waals surface area (Å²) >= 11 is 5.90. The molecule has 0 bridgehead atoms. The summed E-state index contributed by atoms with van der Waals surface area (Å²) in [5, 5.41) is 0.593. The van der Waals surface area contributed by atoms with Crippen molar-refractivity contribution in [3.63, 3.8) is 0 Å². The first-order chi connectivity index (χ1) is 7.59. The van der Waals surface area contributed by atoms with Gasteiger partial charge in [0.1, 0.15) is 5.15 Å². The van der Waals surface area contributed by atoms with Crippen molar-refractivity contribution in [2.75, 3.05) is 6.54 Å². The second-order valence-corrected chi connectivity index (χ2v) is 5.24. The van der Waals surface area contributed by atoms with Crippen LogP contribution in [0.15, 0.2) is 12.3 Å². The third-order valence-electron chi connectivity index (χ3n) is 3.43. The van der Waals surface area contributed by atoms with Crippen LogP contribution < -0.4 is 0 Å². The van der Waals surface area contributed by atoms with E-state index in [1.807, 2.05) is 12.3 Å². The van der Waals surface area contributed by atoms with Gasteiger partial charge in [-0.3, -0.25) is 4.90 Å². The molecule has 88 valence electrons. The van der Waals surface area contributed by atoms with Crippen LogP contribution in [0, 0.1) is 6.92 Å². The fourth-order valence-corrected chi connectivity index (χ4v) is 2.83. The molecule has 1 aliphatic rings. The van der Waals surface area contributed by atoms with Gasteiger partial charge in [-0.25, -0.2) is 4.98 Å². The maximum Gasteiger partial charge on any atom is 0.129 e. The summed E-state index contributed by atoms with van der Waals surface area (Å²) in [6.07, 6.45) is 4.47. The van der Waals surface area contributed by atoms with E-state index in [1.165, 1.54) is 30.5 Å². The molecule has 0 spiro atoms. The number of aromatic nitrogens is 1. The van der Waals surface area contributed by atoms with Gasteiger partial charge in [0.2, 0.25) is 0 Å². The summed E-state index contributed by atoms with van der Waals surface area (Å²) in [5.74, 6) is 0. The van der Waals surface area contributed by atoms with Crippen LogP contribution in [0.25, 0.3) is 0 Å². The van der Waals surface area contributed by atoms with Gasteiger partial charge in [0.25, 0.3) is 0 Å². The SMILES string of the molecule is Cc1cc(Cl)ncc1[C@@H]1CCCN1C(C)C. The second kappa shape index (κ2) is 4.72. The van der Waals surface area contributed by atoms with Gasteiger partial charge in [-0.15, -0.1) is 0 Å². The Bertz CT molecular complexity index is 376. The zero-order chi connectivity index (χ0) is 11.7. The zero-order valence-corrected chi connectivity index (χ0v) is 11.0. The number of aryl methyl sites for hydroxylation is 1. The Hall–Kier alpha value is -0.600. The van der Waals surface area contributed by atoms with E-state index in [-0.39, 0.29) is 0 Å². The number of hydrogen-bond donors (Lipinski definition) is 0. The van der Waals surface area contributed by atoms with Gasteiger partial charge in [0.05, 0.1) is 0 Å². The molecule has 0 N–H and O–H groups in total. The molecule has 0 aromatic carbocycles. The summed E-state index contributed by atoms with van der Waals surface area (Å²) in [6.45, 7) is 7.85. The van der Waals surface area contributed by atoms with E-state index in [9.17, 15) is 0 Å². The highest BCUT2D eigenvalue weighted by molar-refractivity contribution is 6.29. The van der Waals surface area contributed by atoms with Gasteiger partial charge in [0.15, 0.2) is 0 Å². The molecule has 3 heteroatoms. The Balaban J connectivity index is 2.29. The molecule has 1 aliphatic heterocycles. The topological polar surface area (TPSA) is 16.1 Å². The maximum absolute atomic E-state index is 5.90. The molecule has 1 fully saturated rings. The average molecular weight is 239 g/mol. The van der Waals surface area contributed by atoms with Crippen molar-refractivity contribution in [2.45, 2.75) is 45.7 Å². The minimum Gasteiger partial charge on any atom is -0.294 e. The smallest absolute Gasteiger partial charge is 0.129 e. The standard InChI is InChI=1S/C13H19ClN2/c1-9(2)16-6-4-5-12(16)11-8-15-13(14)7-10(11)3/h7-9,12H,4-6H2,1-3H3/t12-/m0/s1. The number of nitrogens with zero attached hydrogens (tertiary/aromatic N) is 2. The predicted molar refractivity (Wildman–Crippen MR) is 67.8 cm³/mol. The molecule has 1 saturated heterocycles. The molecule has 0 amide bonds. The summed E-state index contributed by atoms with van der Waals surface area (Å²) < 4.78 is 0. The molecule has 0 aliphatic carbocycles. The number of pyridine rings is 1. The maximum atomic E-state index is 5.90. The first-order valence-corrected chi connectivity index (χ1v) is 6.35. The summed E-state index contributed by atoms with van der Waals surface area (Å²) in [6, 6.07) is 3.10. The minimum atomic E-state index is 0.532. The normalized spacial score (nSPS) is 21.9. The van der Waals surface area contributed by atoms with E-state index in [4.69, 9.17) is 11.6 Å². The van der Waals surface area contributed by atoms with E-state index in [2.05, 4.69) is 30.7 Å². The van der Waals surface area contributed by atoms with Crippen molar-refractivity contribution in [3.8, 4) is 0 Å². The number of likely N-dealkylation sites (tertiary alicyclic amines) is 1. The number of halogens is 1. The van der Waals surface area contributed by atoms with E-state index in [1.54, 1.807) is 0 Å². The average Bonchev–Trinajstić information content (AvgIpc) is 2.66. The van der Waals surface area contributed by atoms with E-state index in [0.29, 0.717) is 17.2 Å². The molecule has 1 aromatic heterocycles. The molecule has 1 atom stereocenters. The van der Waals surface area contributed by atoms with E-state index >= 15 is 0 Å². The van der Waals surface area contributed by atoms with Crippen LogP contribution in [0.3, 0.4) is 0 Å². The lowest BCUT2D eigenvalue weighted by Crippen LogP contribution is -2.30. The Morgan fingerprint density at radius 3 is 2.88 bits per heavy atom. The molecular weight excluding hydrogens is 220 g/mol.